The number of rotatable bonds is 41. The number of esters is 3. The van der Waals surface area contributed by atoms with Crippen molar-refractivity contribution in [1.29, 1.82) is 0 Å². The molecule has 0 rings (SSSR count). The Morgan fingerprint density at radius 3 is 1.08 bits per heavy atom. The van der Waals surface area contributed by atoms with E-state index in [4.69, 9.17) is 14.2 Å². The van der Waals surface area contributed by atoms with Crippen LogP contribution in [-0.2, 0) is 28.6 Å². The van der Waals surface area contributed by atoms with Crippen molar-refractivity contribution in [1.82, 2.24) is 0 Å². The number of carbonyl (C=O) groups excluding carboxylic acids is 3. The van der Waals surface area contributed by atoms with Crippen LogP contribution in [0, 0.1) is 0 Å². The molecular weight excluding hydrogens is 745 g/mol. The van der Waals surface area contributed by atoms with Crippen LogP contribution in [0.25, 0.3) is 0 Å². The number of carbonyl (C=O) groups is 3. The molecule has 0 aromatic rings. The molecule has 338 valence electrons. The summed E-state index contributed by atoms with van der Waals surface area (Å²) in [5.74, 6) is -1.03. The Bertz CT molecular complexity index is 1280. The molecule has 0 saturated heterocycles. The summed E-state index contributed by atoms with van der Waals surface area (Å²) < 4.78 is 16.6. The molecule has 0 saturated carbocycles. The van der Waals surface area contributed by atoms with Crippen LogP contribution in [0.1, 0.15) is 194 Å². The van der Waals surface area contributed by atoms with Crippen LogP contribution in [0.4, 0.5) is 0 Å². The molecule has 0 aliphatic heterocycles. The average Bonchev–Trinajstić information content (AvgIpc) is 3.24. The second kappa shape index (κ2) is 47.7. The summed E-state index contributed by atoms with van der Waals surface area (Å²) in [5, 5.41) is 0. The lowest BCUT2D eigenvalue weighted by atomic mass is 10.1. The minimum atomic E-state index is -0.818. The van der Waals surface area contributed by atoms with Gasteiger partial charge >= 0.3 is 17.9 Å². The monoisotopic (exact) mass is 831 g/mol. The smallest absolute Gasteiger partial charge is 0.306 e. The predicted octanol–water partition coefficient (Wildman–Crippen LogP) is 15.6. The second-order valence-corrected chi connectivity index (χ2v) is 15.3. The molecule has 0 amide bonds. The van der Waals surface area contributed by atoms with Crippen molar-refractivity contribution in [2.45, 2.75) is 200 Å². The summed E-state index contributed by atoms with van der Waals surface area (Å²) in [7, 11) is 0. The maximum atomic E-state index is 12.7. The Balaban J connectivity index is 4.30. The Hall–Kier alpha value is -3.93. The maximum Gasteiger partial charge on any atom is 0.306 e. The van der Waals surface area contributed by atoms with E-state index in [0.29, 0.717) is 19.3 Å². The molecule has 6 heteroatoms. The van der Waals surface area contributed by atoms with Crippen molar-refractivity contribution in [2.24, 2.45) is 0 Å². The van der Waals surface area contributed by atoms with Gasteiger partial charge in [-0.15, -0.1) is 0 Å². The Labute approximate surface area is 368 Å². The molecule has 0 bridgehead atoms. The van der Waals surface area contributed by atoms with Crippen LogP contribution in [0.15, 0.2) is 109 Å². The van der Waals surface area contributed by atoms with E-state index in [1.807, 2.05) is 12.2 Å². The van der Waals surface area contributed by atoms with E-state index in [-0.39, 0.29) is 31.6 Å². The van der Waals surface area contributed by atoms with Gasteiger partial charge in [0.05, 0.1) is 0 Å². The first-order valence-corrected chi connectivity index (χ1v) is 23.9. The zero-order valence-electron chi connectivity index (χ0n) is 38.4. The molecule has 0 N–H and O–H groups in total. The van der Waals surface area contributed by atoms with E-state index in [9.17, 15) is 14.4 Å². The fraction of sp³-hybridized carbons (Fsp3) is 0.611. The van der Waals surface area contributed by atoms with Crippen LogP contribution in [-0.4, -0.2) is 37.2 Å². The molecule has 1 unspecified atom stereocenters. The second-order valence-electron chi connectivity index (χ2n) is 15.3. The SMILES string of the molecule is CC/C=C\C/C=C\C/C=C\C/C=C\C/C=C\CCCCCCCCCC(=O)OCC(COC(=O)CCCCCCCC)OC(=O)CC/C=C\C/C=C\C/C=C\C/C=C\CC. The van der Waals surface area contributed by atoms with E-state index >= 15 is 0 Å². The van der Waals surface area contributed by atoms with Gasteiger partial charge in [0.2, 0.25) is 0 Å². The standard InChI is InChI=1S/C54H86O6/c1-4-7-10-13-16-18-20-22-23-24-25-26-27-28-29-30-31-33-34-36-38-41-44-47-53(56)59-50-51(49-58-52(55)46-43-40-15-12-9-6-3)60-54(57)48-45-42-39-37-35-32-21-19-17-14-11-8-5-2/h7-8,10-11,16-19,22-23,25-26,28-29,32,35,39,42,51H,4-6,9,12-15,20-21,24,27,30-31,33-34,36-38,40-41,43-50H2,1-3H3/b10-7-,11-8-,18-16-,19-17-,23-22-,26-25-,29-28-,35-32-,42-39-. The number of ether oxygens (including phenoxy) is 3. The molecule has 0 fully saturated rings. The van der Waals surface area contributed by atoms with Gasteiger partial charge in [0.15, 0.2) is 6.10 Å². The summed E-state index contributed by atoms with van der Waals surface area (Å²) in [5.41, 5.74) is 0. The first kappa shape index (κ1) is 56.1. The van der Waals surface area contributed by atoms with Crippen molar-refractivity contribution >= 4 is 17.9 Å². The zero-order valence-corrected chi connectivity index (χ0v) is 38.4. The summed E-state index contributed by atoms with van der Waals surface area (Å²) in [6, 6.07) is 0. The lowest BCUT2D eigenvalue weighted by Crippen LogP contribution is -2.30. The van der Waals surface area contributed by atoms with Gasteiger partial charge in [-0.25, -0.2) is 0 Å². The lowest BCUT2D eigenvalue weighted by Gasteiger charge is -2.18. The average molecular weight is 831 g/mol. The first-order chi connectivity index (χ1) is 29.5. The summed E-state index contributed by atoms with van der Waals surface area (Å²) in [6.45, 7) is 6.24. The molecule has 6 nitrogen and oxygen atoms in total. The normalized spacial score (nSPS) is 13.1. The van der Waals surface area contributed by atoms with Crippen LogP contribution in [0.3, 0.4) is 0 Å². The number of allylic oxidation sites excluding steroid dienone is 18. The van der Waals surface area contributed by atoms with Gasteiger partial charge in [-0.1, -0.05) is 194 Å². The Kier molecular flexibility index (Phi) is 44.6. The van der Waals surface area contributed by atoms with E-state index < -0.39 is 12.1 Å². The fourth-order valence-corrected chi connectivity index (χ4v) is 6.01. The van der Waals surface area contributed by atoms with Gasteiger partial charge < -0.3 is 14.2 Å². The number of unbranched alkanes of at least 4 members (excludes halogenated alkanes) is 12. The van der Waals surface area contributed by atoms with Gasteiger partial charge in [0.1, 0.15) is 13.2 Å². The first-order valence-electron chi connectivity index (χ1n) is 23.9. The lowest BCUT2D eigenvalue weighted by molar-refractivity contribution is -0.166. The number of hydrogen-bond donors (Lipinski definition) is 0. The highest BCUT2D eigenvalue weighted by atomic mass is 16.6. The summed E-state index contributed by atoms with van der Waals surface area (Å²) in [4.78, 5) is 37.6. The van der Waals surface area contributed by atoms with Gasteiger partial charge in [-0.3, -0.25) is 14.4 Å². The topological polar surface area (TPSA) is 78.9 Å². The van der Waals surface area contributed by atoms with Crippen LogP contribution in [0.2, 0.25) is 0 Å². The molecule has 0 aliphatic rings. The van der Waals surface area contributed by atoms with E-state index in [1.165, 1.54) is 44.9 Å². The predicted molar refractivity (Wildman–Crippen MR) is 256 cm³/mol. The van der Waals surface area contributed by atoms with E-state index in [1.54, 1.807) is 0 Å². The van der Waals surface area contributed by atoms with Gasteiger partial charge in [0, 0.05) is 19.3 Å². The molecule has 0 heterocycles. The molecule has 1 atom stereocenters. The van der Waals surface area contributed by atoms with E-state index in [0.717, 1.165) is 103 Å². The molecular formula is C54H86O6. The highest BCUT2D eigenvalue weighted by Gasteiger charge is 2.19. The minimum absolute atomic E-state index is 0.112. The van der Waals surface area contributed by atoms with Crippen LogP contribution >= 0.6 is 0 Å². The zero-order chi connectivity index (χ0) is 43.7. The molecule has 0 aromatic heterocycles. The van der Waals surface area contributed by atoms with Gasteiger partial charge in [-0.2, -0.15) is 0 Å². The third kappa shape index (κ3) is 45.2. The molecule has 0 spiro atoms. The molecule has 60 heavy (non-hydrogen) atoms. The Morgan fingerprint density at radius 2 is 0.683 bits per heavy atom. The van der Waals surface area contributed by atoms with Gasteiger partial charge in [0.25, 0.3) is 0 Å². The Morgan fingerprint density at radius 1 is 0.350 bits per heavy atom. The highest BCUT2D eigenvalue weighted by Crippen LogP contribution is 2.12. The minimum Gasteiger partial charge on any atom is -0.462 e. The largest absolute Gasteiger partial charge is 0.462 e. The summed E-state index contributed by atoms with van der Waals surface area (Å²) in [6.07, 6.45) is 64.0. The fourth-order valence-electron chi connectivity index (χ4n) is 6.01. The van der Waals surface area contributed by atoms with Crippen LogP contribution in [0.5, 0.6) is 0 Å². The van der Waals surface area contributed by atoms with Gasteiger partial charge in [-0.05, 0) is 89.9 Å². The van der Waals surface area contributed by atoms with E-state index in [2.05, 4.69) is 118 Å². The maximum absolute atomic E-state index is 12.7. The quantitative estimate of drug-likeness (QED) is 0.0264. The van der Waals surface area contributed by atoms with Crippen molar-refractivity contribution in [3.05, 3.63) is 109 Å². The third-order valence-electron chi connectivity index (χ3n) is 9.54. The van der Waals surface area contributed by atoms with Crippen molar-refractivity contribution in [3.8, 4) is 0 Å². The molecule has 0 aliphatic carbocycles. The van der Waals surface area contributed by atoms with Crippen molar-refractivity contribution in [2.75, 3.05) is 13.2 Å². The van der Waals surface area contributed by atoms with Crippen molar-refractivity contribution in [3.63, 3.8) is 0 Å². The van der Waals surface area contributed by atoms with Crippen molar-refractivity contribution < 1.29 is 28.6 Å². The highest BCUT2D eigenvalue weighted by molar-refractivity contribution is 5.71. The summed E-state index contributed by atoms with van der Waals surface area (Å²) >= 11 is 0. The molecule has 0 radical (unpaired) electrons. The molecule has 0 aromatic carbocycles. The number of hydrogen-bond acceptors (Lipinski definition) is 6. The van der Waals surface area contributed by atoms with Crippen LogP contribution < -0.4 is 0 Å². The third-order valence-corrected chi connectivity index (χ3v) is 9.54.